The van der Waals surface area contributed by atoms with Crippen molar-refractivity contribution in [3.63, 3.8) is 0 Å². The average molecular weight is 425 g/mol. The Labute approximate surface area is 186 Å². The van der Waals surface area contributed by atoms with E-state index in [-0.39, 0.29) is 24.1 Å². The van der Waals surface area contributed by atoms with Crippen molar-refractivity contribution in [3.8, 4) is 5.75 Å². The molecule has 0 fully saturated rings. The fourth-order valence-electron chi connectivity index (χ4n) is 3.69. The number of carbonyl (C=O) groups is 3. The zero-order valence-electron chi connectivity index (χ0n) is 17.8. The van der Waals surface area contributed by atoms with E-state index in [2.05, 4.69) is 5.32 Å². The summed E-state index contributed by atoms with van der Waals surface area (Å²) in [4.78, 5) is 36.2. The van der Waals surface area contributed by atoms with Crippen LogP contribution in [0, 0.1) is 0 Å². The zero-order chi connectivity index (χ0) is 22.5. The Morgan fingerprint density at radius 1 is 0.938 bits per heavy atom. The molecule has 32 heavy (non-hydrogen) atoms. The number of amides is 1. The van der Waals surface area contributed by atoms with Gasteiger partial charge >= 0.3 is 0 Å². The molecule has 0 radical (unpaired) electrons. The maximum atomic E-state index is 12.7. The SMILES string of the molecule is CC(=O)Nc1ccc(C(=O)COc2ccc(/C=C3\CCc4ccccc4C3=O)cc2)cc1. The van der Waals surface area contributed by atoms with E-state index in [9.17, 15) is 14.4 Å². The number of fused-ring (bicyclic) bond motifs is 1. The largest absolute Gasteiger partial charge is 0.485 e. The highest BCUT2D eigenvalue weighted by Crippen LogP contribution is 2.27. The minimum Gasteiger partial charge on any atom is -0.485 e. The molecule has 4 rings (SSSR count). The molecule has 160 valence electrons. The van der Waals surface area contributed by atoms with Crippen molar-refractivity contribution in [2.24, 2.45) is 0 Å². The van der Waals surface area contributed by atoms with Crippen molar-refractivity contribution in [1.29, 1.82) is 0 Å². The number of aryl methyl sites for hydroxylation is 1. The number of anilines is 1. The first kappa shape index (κ1) is 21.2. The van der Waals surface area contributed by atoms with Crippen molar-refractivity contribution in [1.82, 2.24) is 0 Å². The van der Waals surface area contributed by atoms with Crippen LogP contribution in [0.3, 0.4) is 0 Å². The molecule has 0 atom stereocenters. The summed E-state index contributed by atoms with van der Waals surface area (Å²) in [7, 11) is 0. The first-order chi connectivity index (χ1) is 15.5. The maximum Gasteiger partial charge on any atom is 0.221 e. The topological polar surface area (TPSA) is 72.5 Å². The minimum atomic E-state index is -0.163. The molecule has 5 nitrogen and oxygen atoms in total. The Morgan fingerprint density at radius 3 is 2.38 bits per heavy atom. The summed E-state index contributed by atoms with van der Waals surface area (Å²) in [6.07, 6.45) is 3.51. The lowest BCUT2D eigenvalue weighted by molar-refractivity contribution is -0.114. The molecule has 1 N–H and O–H groups in total. The molecule has 1 amide bonds. The highest BCUT2D eigenvalue weighted by atomic mass is 16.5. The van der Waals surface area contributed by atoms with E-state index in [1.807, 2.05) is 42.5 Å². The number of nitrogens with one attached hydrogen (secondary N) is 1. The average Bonchev–Trinajstić information content (AvgIpc) is 2.80. The van der Waals surface area contributed by atoms with E-state index in [0.717, 1.165) is 35.1 Å². The Morgan fingerprint density at radius 2 is 1.66 bits per heavy atom. The van der Waals surface area contributed by atoms with Crippen LogP contribution in [0.15, 0.2) is 78.4 Å². The van der Waals surface area contributed by atoms with Gasteiger partial charge in [-0.2, -0.15) is 0 Å². The molecule has 0 saturated heterocycles. The van der Waals surface area contributed by atoms with E-state index >= 15 is 0 Å². The number of ether oxygens (including phenoxy) is 1. The number of ketones is 2. The summed E-state index contributed by atoms with van der Waals surface area (Å²) in [5.41, 5.74) is 4.76. The molecule has 0 heterocycles. The third-order valence-corrected chi connectivity index (χ3v) is 5.34. The van der Waals surface area contributed by atoms with Gasteiger partial charge in [0.15, 0.2) is 18.2 Å². The number of benzene rings is 3. The van der Waals surface area contributed by atoms with Crippen LogP contribution >= 0.6 is 0 Å². The van der Waals surface area contributed by atoms with Gasteiger partial charge in [-0.25, -0.2) is 0 Å². The normalized spacial score (nSPS) is 14.0. The fourth-order valence-corrected chi connectivity index (χ4v) is 3.69. The Hall–Kier alpha value is -3.99. The maximum absolute atomic E-state index is 12.7. The first-order valence-electron chi connectivity index (χ1n) is 10.5. The van der Waals surface area contributed by atoms with Crippen LogP contribution in [0.5, 0.6) is 5.75 Å². The quantitative estimate of drug-likeness (QED) is 0.440. The molecule has 0 unspecified atom stereocenters. The molecule has 0 saturated carbocycles. The van der Waals surface area contributed by atoms with Crippen molar-refractivity contribution in [2.45, 2.75) is 19.8 Å². The van der Waals surface area contributed by atoms with E-state index in [1.54, 1.807) is 36.4 Å². The number of rotatable bonds is 6. The van der Waals surface area contributed by atoms with Gasteiger partial charge in [-0.05, 0) is 66.4 Å². The number of carbonyl (C=O) groups excluding carboxylic acids is 3. The Bertz CT molecular complexity index is 1190. The van der Waals surface area contributed by atoms with Gasteiger partial charge in [0.05, 0.1) is 0 Å². The predicted molar refractivity (Wildman–Crippen MR) is 124 cm³/mol. The highest BCUT2D eigenvalue weighted by Gasteiger charge is 2.21. The second kappa shape index (κ2) is 9.43. The second-order valence-electron chi connectivity index (χ2n) is 7.70. The molecule has 0 bridgehead atoms. The Kier molecular flexibility index (Phi) is 6.26. The van der Waals surface area contributed by atoms with Gasteiger partial charge in [0, 0.05) is 29.3 Å². The lowest BCUT2D eigenvalue weighted by atomic mass is 9.86. The molecular weight excluding hydrogens is 402 g/mol. The van der Waals surface area contributed by atoms with E-state index in [4.69, 9.17) is 4.74 Å². The van der Waals surface area contributed by atoms with Crippen molar-refractivity contribution < 1.29 is 19.1 Å². The van der Waals surface area contributed by atoms with Crippen LogP contribution in [-0.4, -0.2) is 24.1 Å². The van der Waals surface area contributed by atoms with Crippen LogP contribution in [0.2, 0.25) is 0 Å². The highest BCUT2D eigenvalue weighted by molar-refractivity contribution is 6.13. The molecule has 3 aromatic carbocycles. The third-order valence-electron chi connectivity index (χ3n) is 5.34. The summed E-state index contributed by atoms with van der Waals surface area (Å²) < 4.78 is 5.62. The van der Waals surface area contributed by atoms with E-state index in [0.29, 0.717) is 17.0 Å². The summed E-state index contributed by atoms with van der Waals surface area (Å²) in [6.45, 7) is 1.34. The van der Waals surface area contributed by atoms with Gasteiger partial charge in [-0.1, -0.05) is 36.4 Å². The van der Waals surface area contributed by atoms with Gasteiger partial charge in [-0.15, -0.1) is 0 Å². The molecule has 0 aromatic heterocycles. The first-order valence-corrected chi connectivity index (χ1v) is 10.5. The van der Waals surface area contributed by atoms with Gasteiger partial charge in [0.2, 0.25) is 5.91 Å². The smallest absolute Gasteiger partial charge is 0.221 e. The molecule has 0 aliphatic heterocycles. The van der Waals surface area contributed by atoms with Gasteiger partial charge in [-0.3, -0.25) is 14.4 Å². The fraction of sp³-hybridized carbons (Fsp3) is 0.148. The summed E-state index contributed by atoms with van der Waals surface area (Å²) in [5.74, 6) is 0.346. The summed E-state index contributed by atoms with van der Waals surface area (Å²) in [5, 5.41) is 2.66. The third kappa shape index (κ3) is 5.01. The number of hydrogen-bond acceptors (Lipinski definition) is 4. The number of hydrogen-bond donors (Lipinski definition) is 1. The van der Waals surface area contributed by atoms with Crippen LogP contribution in [0.1, 0.15) is 45.2 Å². The van der Waals surface area contributed by atoms with Gasteiger partial charge in [0.25, 0.3) is 0 Å². The number of Topliss-reactive ketones (excluding diaryl/α,β-unsaturated/α-hetero) is 2. The van der Waals surface area contributed by atoms with Crippen LogP contribution in [-0.2, 0) is 11.2 Å². The van der Waals surface area contributed by atoms with E-state index < -0.39 is 0 Å². The van der Waals surface area contributed by atoms with Crippen LogP contribution < -0.4 is 10.1 Å². The van der Waals surface area contributed by atoms with Crippen LogP contribution in [0.25, 0.3) is 6.08 Å². The van der Waals surface area contributed by atoms with E-state index in [1.165, 1.54) is 6.92 Å². The van der Waals surface area contributed by atoms with Crippen molar-refractivity contribution in [2.75, 3.05) is 11.9 Å². The monoisotopic (exact) mass is 425 g/mol. The molecule has 0 spiro atoms. The van der Waals surface area contributed by atoms with Crippen molar-refractivity contribution >= 4 is 29.2 Å². The van der Waals surface area contributed by atoms with Crippen LogP contribution in [0.4, 0.5) is 5.69 Å². The Balaban J connectivity index is 1.36. The standard InChI is InChI=1S/C27H23NO4/c1-18(29)28-23-12-10-21(11-13-23)26(30)17-32-24-14-6-19(7-15-24)16-22-9-8-20-4-2-3-5-25(20)27(22)31/h2-7,10-16H,8-9,17H2,1H3,(H,28,29)/b22-16+. The summed E-state index contributed by atoms with van der Waals surface area (Å²) in [6, 6.07) is 21.8. The molecule has 1 aliphatic carbocycles. The van der Waals surface area contributed by atoms with Crippen molar-refractivity contribution in [3.05, 3.63) is 101 Å². The molecule has 3 aromatic rings. The lowest BCUT2D eigenvalue weighted by Gasteiger charge is -2.17. The summed E-state index contributed by atoms with van der Waals surface area (Å²) >= 11 is 0. The molecule has 5 heteroatoms. The molecular formula is C27H23NO4. The van der Waals surface area contributed by atoms with Gasteiger partial charge < -0.3 is 10.1 Å². The van der Waals surface area contributed by atoms with Gasteiger partial charge in [0.1, 0.15) is 5.75 Å². The zero-order valence-corrected chi connectivity index (χ0v) is 17.8. The lowest BCUT2D eigenvalue weighted by Crippen LogP contribution is -2.13. The minimum absolute atomic E-state index is 0.0855. The number of allylic oxidation sites excluding steroid dienone is 1. The predicted octanol–water partition coefficient (Wildman–Crippen LogP) is 5.12. The molecule has 1 aliphatic rings. The second-order valence-corrected chi connectivity index (χ2v) is 7.70.